The minimum atomic E-state index is -5.17. The number of imidazole rings is 1. The summed E-state index contributed by atoms with van der Waals surface area (Å²) in [5.41, 5.74) is 4.34. The number of methoxy groups -OCH3 is 2. The van der Waals surface area contributed by atoms with Crippen molar-refractivity contribution in [2.24, 2.45) is 5.73 Å². The maximum atomic E-state index is 14.6. The van der Waals surface area contributed by atoms with Crippen LogP contribution in [0.3, 0.4) is 0 Å². The standard InChI is InChI=1S/C39H38F6N4O5/c1-51-30-7-3-5-27(21-30)34-35(28-6-4-8-31(22-28)52-2)49(36(48-34)32-14-13-29(38(40,41)42)23-33(32)39(43,44)45)24-25-9-11-26(12-10-25)37(50)47-16-18-54-20-19-53-17-15-46/h3-14,21-23H,15-20,24,46H2,1-2H3,(H,47,50). The summed E-state index contributed by atoms with van der Waals surface area (Å²) in [4.78, 5) is 17.6. The van der Waals surface area contributed by atoms with E-state index in [4.69, 9.17) is 29.7 Å². The van der Waals surface area contributed by atoms with E-state index >= 15 is 0 Å². The lowest BCUT2D eigenvalue weighted by atomic mass is 10.0. The van der Waals surface area contributed by atoms with Crippen molar-refractivity contribution in [3.05, 3.63) is 113 Å². The van der Waals surface area contributed by atoms with E-state index in [1.165, 1.54) is 18.8 Å². The summed E-state index contributed by atoms with van der Waals surface area (Å²) in [6.45, 7) is 1.96. The van der Waals surface area contributed by atoms with E-state index in [-0.39, 0.29) is 43.2 Å². The quantitative estimate of drug-likeness (QED) is 0.0785. The molecule has 0 saturated carbocycles. The molecule has 0 radical (unpaired) electrons. The second kappa shape index (κ2) is 17.6. The van der Waals surface area contributed by atoms with Gasteiger partial charge in [0.25, 0.3) is 5.91 Å². The Bertz CT molecular complexity index is 2030. The zero-order chi connectivity index (χ0) is 38.9. The maximum absolute atomic E-state index is 14.6. The van der Waals surface area contributed by atoms with Crippen molar-refractivity contribution in [2.45, 2.75) is 18.9 Å². The van der Waals surface area contributed by atoms with Crippen LogP contribution < -0.4 is 20.5 Å². The first-order valence-corrected chi connectivity index (χ1v) is 16.7. The molecule has 1 heterocycles. The van der Waals surface area contributed by atoms with Crippen molar-refractivity contribution in [1.29, 1.82) is 0 Å². The molecule has 286 valence electrons. The summed E-state index contributed by atoms with van der Waals surface area (Å²) in [6.07, 6.45) is -10.2. The topological polar surface area (TPSA) is 110 Å². The molecule has 15 heteroatoms. The molecule has 0 fully saturated rings. The number of halogens is 6. The molecular formula is C39H38F6N4O5. The van der Waals surface area contributed by atoms with Crippen LogP contribution in [0.15, 0.2) is 91.0 Å². The van der Waals surface area contributed by atoms with Crippen molar-refractivity contribution in [2.75, 3.05) is 53.7 Å². The van der Waals surface area contributed by atoms with Gasteiger partial charge in [0.2, 0.25) is 0 Å². The first-order chi connectivity index (χ1) is 25.8. The number of rotatable bonds is 16. The number of nitrogens with one attached hydrogen (secondary N) is 1. The number of benzene rings is 4. The van der Waals surface area contributed by atoms with Gasteiger partial charge in [-0.15, -0.1) is 0 Å². The Morgan fingerprint density at radius 2 is 1.39 bits per heavy atom. The number of aromatic nitrogens is 2. The van der Waals surface area contributed by atoms with E-state index in [0.717, 1.165) is 6.07 Å². The van der Waals surface area contributed by atoms with Gasteiger partial charge in [-0.05, 0) is 54.1 Å². The Labute approximate surface area is 307 Å². The van der Waals surface area contributed by atoms with Gasteiger partial charge in [-0.3, -0.25) is 4.79 Å². The first-order valence-electron chi connectivity index (χ1n) is 16.7. The van der Waals surface area contributed by atoms with Crippen LogP contribution in [0.25, 0.3) is 33.9 Å². The highest BCUT2D eigenvalue weighted by molar-refractivity contribution is 5.94. The molecule has 3 N–H and O–H groups in total. The lowest BCUT2D eigenvalue weighted by Gasteiger charge is -2.18. The molecule has 0 aliphatic heterocycles. The van der Waals surface area contributed by atoms with Crippen LogP contribution in [0, 0.1) is 0 Å². The molecule has 0 aliphatic rings. The smallest absolute Gasteiger partial charge is 0.417 e. The van der Waals surface area contributed by atoms with Gasteiger partial charge in [-0.25, -0.2) is 4.98 Å². The number of ether oxygens (including phenoxy) is 4. The van der Waals surface area contributed by atoms with Crippen LogP contribution in [0.1, 0.15) is 27.0 Å². The molecule has 5 rings (SSSR count). The fraction of sp³-hybridized carbons (Fsp3) is 0.282. The van der Waals surface area contributed by atoms with Crippen LogP contribution >= 0.6 is 0 Å². The van der Waals surface area contributed by atoms with Gasteiger partial charge < -0.3 is 34.6 Å². The fourth-order valence-electron chi connectivity index (χ4n) is 5.69. The lowest BCUT2D eigenvalue weighted by Crippen LogP contribution is -2.27. The molecule has 0 unspecified atom stereocenters. The van der Waals surface area contributed by atoms with Crippen LogP contribution in [-0.2, 0) is 28.4 Å². The fourth-order valence-corrected chi connectivity index (χ4v) is 5.69. The summed E-state index contributed by atoms with van der Waals surface area (Å²) >= 11 is 0. The number of nitrogens with zero attached hydrogens (tertiary/aromatic N) is 2. The van der Waals surface area contributed by atoms with Crippen molar-refractivity contribution in [3.63, 3.8) is 0 Å². The monoisotopic (exact) mass is 756 g/mol. The van der Waals surface area contributed by atoms with Gasteiger partial charge in [0.15, 0.2) is 0 Å². The average Bonchev–Trinajstić information content (AvgIpc) is 3.53. The van der Waals surface area contributed by atoms with Gasteiger partial charge in [0.1, 0.15) is 17.3 Å². The highest BCUT2D eigenvalue weighted by Crippen LogP contribution is 2.44. The third-order valence-electron chi connectivity index (χ3n) is 8.27. The Kier molecular flexibility index (Phi) is 13.0. The molecule has 1 aromatic heterocycles. The van der Waals surface area contributed by atoms with Gasteiger partial charge in [0.05, 0.1) is 63.2 Å². The molecule has 5 aromatic rings. The largest absolute Gasteiger partial charge is 0.497 e. The number of hydrogen-bond acceptors (Lipinski definition) is 7. The number of nitrogens with two attached hydrogens (primary N) is 1. The molecule has 0 bridgehead atoms. The van der Waals surface area contributed by atoms with Crippen LogP contribution in [0.2, 0.25) is 0 Å². The number of alkyl halides is 6. The first kappa shape index (κ1) is 39.8. The second-order valence-corrected chi connectivity index (χ2v) is 11.9. The number of carbonyl (C=O) groups excluding carboxylic acids is 1. The van der Waals surface area contributed by atoms with E-state index < -0.39 is 29.0 Å². The maximum Gasteiger partial charge on any atom is 0.417 e. The molecule has 0 spiro atoms. The summed E-state index contributed by atoms with van der Waals surface area (Å²) in [5, 5.41) is 2.76. The molecule has 1 amide bonds. The number of hydrogen-bond donors (Lipinski definition) is 2. The van der Waals surface area contributed by atoms with Crippen molar-refractivity contribution >= 4 is 5.91 Å². The third kappa shape index (κ3) is 9.78. The van der Waals surface area contributed by atoms with Gasteiger partial charge in [-0.1, -0.05) is 42.5 Å². The predicted molar refractivity (Wildman–Crippen MR) is 190 cm³/mol. The van der Waals surface area contributed by atoms with Gasteiger partial charge in [-0.2, -0.15) is 26.3 Å². The van der Waals surface area contributed by atoms with E-state index in [0.29, 0.717) is 71.9 Å². The Hall–Kier alpha value is -5.38. The van der Waals surface area contributed by atoms with Crippen LogP contribution in [0.4, 0.5) is 26.3 Å². The molecule has 0 saturated heterocycles. The highest BCUT2D eigenvalue weighted by Gasteiger charge is 2.40. The Morgan fingerprint density at radius 1 is 0.759 bits per heavy atom. The molecule has 4 aromatic carbocycles. The van der Waals surface area contributed by atoms with Crippen molar-refractivity contribution in [3.8, 4) is 45.4 Å². The third-order valence-corrected chi connectivity index (χ3v) is 8.27. The predicted octanol–water partition coefficient (Wildman–Crippen LogP) is 7.71. The number of amides is 1. The minimum absolute atomic E-state index is 0.0842. The van der Waals surface area contributed by atoms with Crippen LogP contribution in [-0.4, -0.2) is 69.2 Å². The number of carbonyl (C=O) groups is 1. The summed E-state index contributed by atoms with van der Waals surface area (Å²) in [6, 6.07) is 21.5. The molecule has 54 heavy (non-hydrogen) atoms. The average molecular weight is 757 g/mol. The van der Waals surface area contributed by atoms with Gasteiger partial charge in [0, 0.05) is 41.9 Å². The minimum Gasteiger partial charge on any atom is -0.497 e. The normalized spacial score (nSPS) is 11.8. The van der Waals surface area contributed by atoms with Gasteiger partial charge >= 0.3 is 12.4 Å². The van der Waals surface area contributed by atoms with E-state index in [9.17, 15) is 31.1 Å². The summed E-state index contributed by atoms with van der Waals surface area (Å²) in [7, 11) is 2.93. The molecule has 0 atom stereocenters. The molecule has 0 aliphatic carbocycles. The molecule has 9 nitrogen and oxygen atoms in total. The van der Waals surface area contributed by atoms with E-state index in [2.05, 4.69) is 5.32 Å². The van der Waals surface area contributed by atoms with Crippen molar-refractivity contribution < 1.29 is 50.1 Å². The zero-order valence-corrected chi connectivity index (χ0v) is 29.4. The van der Waals surface area contributed by atoms with Crippen LogP contribution in [0.5, 0.6) is 11.5 Å². The highest BCUT2D eigenvalue weighted by atomic mass is 19.4. The Morgan fingerprint density at radius 3 is 2.00 bits per heavy atom. The second-order valence-electron chi connectivity index (χ2n) is 11.9. The summed E-state index contributed by atoms with van der Waals surface area (Å²) in [5.74, 6) is 0.291. The van der Waals surface area contributed by atoms with E-state index in [1.807, 2.05) is 0 Å². The lowest BCUT2D eigenvalue weighted by molar-refractivity contribution is -0.142. The van der Waals surface area contributed by atoms with Crippen molar-refractivity contribution in [1.82, 2.24) is 14.9 Å². The summed E-state index contributed by atoms with van der Waals surface area (Å²) < 4.78 is 108. The molecular weight excluding hydrogens is 718 g/mol. The van der Waals surface area contributed by atoms with E-state index in [1.54, 1.807) is 72.8 Å². The zero-order valence-electron chi connectivity index (χ0n) is 29.4. The Balaban J connectivity index is 1.60. The SMILES string of the molecule is COc1cccc(-c2nc(-c3ccc(C(F)(F)F)cc3C(F)(F)F)n(Cc3ccc(C(=O)NCCOCCOCCN)cc3)c2-c2cccc(OC)c2)c1.